The van der Waals surface area contributed by atoms with E-state index in [9.17, 15) is 4.79 Å². The SMILES string of the molecule is Bn1nnc([C@H]2C(CCl)=CS[C@@H]3C(Cl)C(=O)N23)n1. The van der Waals surface area contributed by atoms with Crippen LogP contribution < -0.4 is 0 Å². The maximum Gasteiger partial charge on any atom is 0.278 e. The number of aromatic nitrogens is 4. The van der Waals surface area contributed by atoms with E-state index < -0.39 is 5.38 Å². The number of tetrazole rings is 1. The molecule has 1 amide bonds. The van der Waals surface area contributed by atoms with E-state index in [0.717, 1.165) is 5.57 Å². The van der Waals surface area contributed by atoms with Crippen molar-refractivity contribution in [3.05, 3.63) is 16.8 Å². The molecule has 0 aromatic carbocycles. The van der Waals surface area contributed by atoms with Gasteiger partial charge in [0.2, 0.25) is 5.91 Å². The highest BCUT2D eigenvalue weighted by Crippen LogP contribution is 2.47. The standard InChI is InChI=1S/C8H8BCl2N5OS/c9-16-13-6(12-14-16)5-3(1-10)2-18-8-4(11)7(17)15(5)8/h2,4-5,8H,1,9H2/t4?,5-,8-/m1/s1. The normalized spacial score (nSPS) is 30.8. The molecule has 0 bridgehead atoms. The number of carbonyl (C=O) groups excluding carboxylic acids is 1. The third-order valence-corrected chi connectivity index (χ3v) is 5.03. The molecule has 3 rings (SSSR count). The molecule has 1 aromatic rings. The van der Waals surface area contributed by atoms with Gasteiger partial charge in [-0.2, -0.15) is 0 Å². The summed E-state index contributed by atoms with van der Waals surface area (Å²) in [5.74, 6) is 0.688. The first-order valence-electron chi connectivity index (χ1n) is 5.24. The molecule has 2 aliphatic heterocycles. The summed E-state index contributed by atoms with van der Waals surface area (Å²) in [6.45, 7) is 0. The summed E-state index contributed by atoms with van der Waals surface area (Å²) >= 11 is 13.4. The van der Waals surface area contributed by atoms with Crippen LogP contribution in [0, 0.1) is 0 Å². The lowest BCUT2D eigenvalue weighted by Gasteiger charge is -2.49. The number of hydrogen-bond acceptors (Lipinski definition) is 5. The van der Waals surface area contributed by atoms with Crippen LogP contribution in [0.2, 0.25) is 0 Å². The molecule has 0 radical (unpaired) electrons. The quantitative estimate of drug-likeness (QED) is 0.428. The van der Waals surface area contributed by atoms with Gasteiger partial charge in [-0.3, -0.25) is 4.79 Å². The molecule has 0 N–H and O–H groups in total. The van der Waals surface area contributed by atoms with Crippen LogP contribution in [0.5, 0.6) is 0 Å². The number of amides is 1. The summed E-state index contributed by atoms with van der Waals surface area (Å²) in [5, 5.41) is 13.3. The molecular weight excluding hydrogens is 296 g/mol. The van der Waals surface area contributed by atoms with E-state index in [0.29, 0.717) is 11.7 Å². The zero-order chi connectivity index (χ0) is 12.9. The van der Waals surface area contributed by atoms with E-state index in [4.69, 9.17) is 23.2 Å². The fourth-order valence-corrected chi connectivity index (χ4v) is 3.93. The van der Waals surface area contributed by atoms with E-state index in [2.05, 4.69) is 15.4 Å². The Bertz CT molecular complexity index is 537. The smallest absolute Gasteiger partial charge is 0.278 e. The van der Waals surface area contributed by atoms with Crippen molar-refractivity contribution in [2.75, 3.05) is 5.88 Å². The van der Waals surface area contributed by atoms with Crippen LogP contribution >= 0.6 is 35.0 Å². The van der Waals surface area contributed by atoms with Gasteiger partial charge in [0.25, 0.3) is 7.98 Å². The van der Waals surface area contributed by atoms with Crippen molar-refractivity contribution in [1.29, 1.82) is 0 Å². The Balaban J connectivity index is 2.00. The summed E-state index contributed by atoms with van der Waals surface area (Å²) in [6, 6.07) is -0.343. The Morgan fingerprint density at radius 2 is 2.33 bits per heavy atom. The van der Waals surface area contributed by atoms with Crippen molar-refractivity contribution < 1.29 is 4.79 Å². The summed E-state index contributed by atoms with van der Waals surface area (Å²) < 4.78 is 1.36. The lowest BCUT2D eigenvalue weighted by molar-refractivity contribution is -0.143. The molecule has 10 heteroatoms. The molecule has 6 nitrogen and oxygen atoms in total. The van der Waals surface area contributed by atoms with Crippen LogP contribution in [0.3, 0.4) is 0 Å². The zero-order valence-corrected chi connectivity index (χ0v) is 11.7. The highest BCUT2D eigenvalue weighted by Gasteiger charge is 2.53. The maximum atomic E-state index is 11.9. The number of fused-ring (bicyclic) bond motifs is 1. The Morgan fingerprint density at radius 3 is 2.94 bits per heavy atom. The van der Waals surface area contributed by atoms with Crippen LogP contribution in [-0.4, -0.2) is 55.5 Å². The van der Waals surface area contributed by atoms with E-state index in [1.165, 1.54) is 16.5 Å². The number of carbonyl (C=O) groups is 1. The largest absolute Gasteiger partial charge is 0.313 e. The molecule has 94 valence electrons. The van der Waals surface area contributed by atoms with Gasteiger partial charge in [-0.05, 0) is 11.0 Å². The lowest BCUT2D eigenvalue weighted by Crippen LogP contribution is -2.63. The molecule has 0 spiro atoms. The summed E-state index contributed by atoms with van der Waals surface area (Å²) in [6.07, 6.45) is 0. The minimum atomic E-state index is -0.484. The molecule has 2 aliphatic rings. The number of nitrogens with zero attached hydrogens (tertiary/aromatic N) is 5. The van der Waals surface area contributed by atoms with Gasteiger partial charge in [-0.25, -0.2) is 4.71 Å². The van der Waals surface area contributed by atoms with E-state index in [1.54, 1.807) is 12.9 Å². The van der Waals surface area contributed by atoms with Crippen LogP contribution in [0.15, 0.2) is 11.0 Å². The first kappa shape index (κ1) is 12.3. The van der Waals surface area contributed by atoms with Crippen LogP contribution in [-0.2, 0) is 4.79 Å². The Morgan fingerprint density at radius 1 is 1.56 bits per heavy atom. The van der Waals surface area contributed by atoms with Crippen molar-refractivity contribution in [3.8, 4) is 0 Å². The lowest BCUT2D eigenvalue weighted by atomic mass is 10.0. The third-order valence-electron chi connectivity index (χ3n) is 2.93. The summed E-state index contributed by atoms with van der Waals surface area (Å²) in [4.78, 5) is 13.6. The van der Waals surface area contributed by atoms with E-state index in [1.807, 2.05) is 5.41 Å². The van der Waals surface area contributed by atoms with Crippen molar-refractivity contribution in [3.63, 3.8) is 0 Å². The predicted molar refractivity (Wildman–Crippen MR) is 71.2 cm³/mol. The number of alkyl halides is 2. The van der Waals surface area contributed by atoms with E-state index in [-0.39, 0.29) is 17.3 Å². The molecule has 1 fully saturated rings. The highest BCUT2D eigenvalue weighted by atomic mass is 35.5. The minimum absolute atomic E-state index is 0.0695. The Hall–Kier alpha value is -0.725. The van der Waals surface area contributed by atoms with Crippen molar-refractivity contribution >= 4 is 48.9 Å². The molecule has 18 heavy (non-hydrogen) atoms. The van der Waals surface area contributed by atoms with Crippen LogP contribution in [0.25, 0.3) is 0 Å². The second-order valence-electron chi connectivity index (χ2n) is 4.04. The van der Waals surface area contributed by atoms with Gasteiger partial charge in [-0.1, -0.05) is 5.21 Å². The monoisotopic (exact) mass is 303 g/mol. The summed E-state index contributed by atoms with van der Waals surface area (Å²) in [7, 11) is 1.68. The zero-order valence-electron chi connectivity index (χ0n) is 9.33. The second-order valence-corrected chi connectivity index (χ2v) is 5.77. The van der Waals surface area contributed by atoms with E-state index >= 15 is 0 Å². The fourth-order valence-electron chi connectivity index (χ4n) is 2.06. The molecule has 1 aromatic heterocycles. The highest BCUT2D eigenvalue weighted by molar-refractivity contribution is 8.03. The molecule has 1 unspecified atom stereocenters. The first-order chi connectivity index (χ1) is 8.63. The van der Waals surface area contributed by atoms with Gasteiger partial charge in [0, 0.05) is 5.88 Å². The minimum Gasteiger partial charge on any atom is -0.313 e. The van der Waals surface area contributed by atoms with Crippen molar-refractivity contribution in [2.24, 2.45) is 0 Å². The number of halogens is 2. The Kier molecular flexibility index (Phi) is 3.03. The van der Waals surface area contributed by atoms with Crippen molar-refractivity contribution in [2.45, 2.75) is 16.8 Å². The predicted octanol–water partition coefficient (Wildman–Crippen LogP) is -0.244. The number of hydrogen-bond donors (Lipinski definition) is 0. The van der Waals surface area contributed by atoms with Gasteiger partial charge in [0.05, 0.1) is 0 Å². The van der Waals surface area contributed by atoms with Crippen LogP contribution in [0.1, 0.15) is 11.9 Å². The average molecular weight is 304 g/mol. The van der Waals surface area contributed by atoms with Gasteiger partial charge < -0.3 is 4.90 Å². The summed E-state index contributed by atoms with van der Waals surface area (Å²) in [5.41, 5.74) is 0.892. The van der Waals surface area contributed by atoms with Gasteiger partial charge >= 0.3 is 0 Å². The Labute approximate surface area is 118 Å². The molecule has 0 saturated carbocycles. The third kappa shape index (κ3) is 1.66. The molecule has 0 aliphatic carbocycles. The number of thioether (sulfide) groups is 1. The topological polar surface area (TPSA) is 63.9 Å². The molecule has 1 saturated heterocycles. The molecule has 3 atom stereocenters. The molecule has 3 heterocycles. The maximum absolute atomic E-state index is 11.9. The fraction of sp³-hybridized carbons (Fsp3) is 0.500. The van der Waals surface area contributed by atoms with Crippen molar-refractivity contribution in [1.82, 2.24) is 25.0 Å². The first-order valence-corrected chi connectivity index (χ1v) is 7.15. The van der Waals surface area contributed by atoms with Gasteiger partial charge in [0.1, 0.15) is 16.8 Å². The number of rotatable bonds is 2. The average Bonchev–Trinajstić information content (AvgIpc) is 2.82. The van der Waals surface area contributed by atoms with Crippen LogP contribution in [0.4, 0.5) is 0 Å². The van der Waals surface area contributed by atoms with Gasteiger partial charge in [-0.15, -0.1) is 45.2 Å². The number of β-lactam (4-membered cyclic amide) rings is 1. The molecular formula is C8H8BCl2N5OS. The van der Waals surface area contributed by atoms with Gasteiger partial charge in [0.15, 0.2) is 5.82 Å². The second kappa shape index (κ2) is 4.43.